The monoisotopic (exact) mass is 255 g/mol. The van der Waals surface area contributed by atoms with Gasteiger partial charge in [-0.1, -0.05) is 12.1 Å². The van der Waals surface area contributed by atoms with Crippen molar-refractivity contribution in [3.8, 4) is 0 Å². The molecule has 0 fully saturated rings. The molecular formula is C13H21NO2S. The van der Waals surface area contributed by atoms with Crippen LogP contribution in [-0.4, -0.2) is 33.3 Å². The highest BCUT2D eigenvalue weighted by molar-refractivity contribution is 7.98. The van der Waals surface area contributed by atoms with Crippen LogP contribution in [0.1, 0.15) is 18.5 Å². The first-order valence-electron chi connectivity index (χ1n) is 5.64. The predicted octanol–water partition coefficient (Wildman–Crippen LogP) is 2.68. The number of methoxy groups -OCH3 is 2. The number of benzene rings is 1. The highest BCUT2D eigenvalue weighted by atomic mass is 32.2. The van der Waals surface area contributed by atoms with Crippen molar-refractivity contribution in [1.29, 1.82) is 0 Å². The summed E-state index contributed by atoms with van der Waals surface area (Å²) in [6, 6.07) is 8.87. The quantitative estimate of drug-likeness (QED) is 0.599. The summed E-state index contributed by atoms with van der Waals surface area (Å²) in [7, 11) is 3.29. The second-order valence-electron chi connectivity index (χ2n) is 3.80. The standard InChI is InChI=1S/C13H21NO2S/c1-10(14-9-13(15-2)16-3)11-5-7-12(17-4)8-6-11/h5-8,10,13-14H,9H2,1-4H3. The molecular weight excluding hydrogens is 234 g/mol. The molecule has 1 aromatic carbocycles. The molecule has 1 atom stereocenters. The van der Waals surface area contributed by atoms with Gasteiger partial charge in [0.15, 0.2) is 6.29 Å². The highest BCUT2D eigenvalue weighted by Crippen LogP contribution is 2.18. The van der Waals surface area contributed by atoms with Gasteiger partial charge in [0, 0.05) is 31.7 Å². The van der Waals surface area contributed by atoms with E-state index in [1.54, 1.807) is 26.0 Å². The molecule has 0 radical (unpaired) electrons. The Kier molecular flexibility index (Phi) is 6.58. The van der Waals surface area contributed by atoms with Crippen molar-refractivity contribution in [3.05, 3.63) is 29.8 Å². The lowest BCUT2D eigenvalue weighted by molar-refractivity contribution is -0.0997. The second-order valence-corrected chi connectivity index (χ2v) is 4.68. The molecule has 3 nitrogen and oxygen atoms in total. The van der Waals surface area contributed by atoms with Gasteiger partial charge < -0.3 is 14.8 Å². The maximum atomic E-state index is 5.13. The van der Waals surface area contributed by atoms with E-state index >= 15 is 0 Å². The Morgan fingerprint density at radius 3 is 2.24 bits per heavy atom. The first kappa shape index (κ1) is 14.5. The lowest BCUT2D eigenvalue weighted by Gasteiger charge is -2.19. The van der Waals surface area contributed by atoms with Gasteiger partial charge in [-0.15, -0.1) is 11.8 Å². The van der Waals surface area contributed by atoms with Gasteiger partial charge in [-0.25, -0.2) is 0 Å². The van der Waals surface area contributed by atoms with Gasteiger partial charge in [-0.05, 0) is 30.9 Å². The van der Waals surface area contributed by atoms with E-state index in [-0.39, 0.29) is 6.29 Å². The fourth-order valence-corrected chi connectivity index (χ4v) is 1.95. The van der Waals surface area contributed by atoms with Crippen LogP contribution >= 0.6 is 11.8 Å². The van der Waals surface area contributed by atoms with Crippen molar-refractivity contribution in [1.82, 2.24) is 5.32 Å². The van der Waals surface area contributed by atoms with Crippen molar-refractivity contribution in [2.24, 2.45) is 0 Å². The maximum Gasteiger partial charge on any atom is 0.169 e. The molecule has 0 amide bonds. The van der Waals surface area contributed by atoms with Crippen LogP contribution in [0, 0.1) is 0 Å². The van der Waals surface area contributed by atoms with Gasteiger partial charge in [0.1, 0.15) is 0 Å². The van der Waals surface area contributed by atoms with Crippen LogP contribution in [0.5, 0.6) is 0 Å². The van der Waals surface area contributed by atoms with Gasteiger partial charge in [0.05, 0.1) is 0 Å². The van der Waals surface area contributed by atoms with E-state index in [9.17, 15) is 0 Å². The first-order valence-corrected chi connectivity index (χ1v) is 6.86. The average Bonchev–Trinajstić information content (AvgIpc) is 2.39. The summed E-state index contributed by atoms with van der Waals surface area (Å²) in [5, 5.41) is 3.38. The van der Waals surface area contributed by atoms with Crippen molar-refractivity contribution in [2.45, 2.75) is 24.2 Å². The molecule has 0 aliphatic rings. The zero-order valence-corrected chi connectivity index (χ0v) is 11.7. The minimum atomic E-state index is -0.192. The normalized spacial score (nSPS) is 13.0. The Balaban J connectivity index is 2.48. The average molecular weight is 255 g/mol. The summed E-state index contributed by atoms with van der Waals surface area (Å²) in [6.07, 6.45) is 1.89. The summed E-state index contributed by atoms with van der Waals surface area (Å²) >= 11 is 1.75. The predicted molar refractivity (Wildman–Crippen MR) is 72.4 cm³/mol. The molecule has 1 aromatic rings. The van der Waals surface area contributed by atoms with Crippen molar-refractivity contribution in [3.63, 3.8) is 0 Å². The van der Waals surface area contributed by atoms with E-state index in [0.29, 0.717) is 12.6 Å². The molecule has 0 saturated carbocycles. The third-order valence-electron chi connectivity index (χ3n) is 2.73. The summed E-state index contributed by atoms with van der Waals surface area (Å²) in [6.45, 7) is 2.81. The Morgan fingerprint density at radius 2 is 1.76 bits per heavy atom. The molecule has 0 aliphatic carbocycles. The number of nitrogens with one attached hydrogen (secondary N) is 1. The smallest absolute Gasteiger partial charge is 0.169 e. The molecule has 0 aromatic heterocycles. The highest BCUT2D eigenvalue weighted by Gasteiger charge is 2.09. The summed E-state index contributed by atoms with van der Waals surface area (Å²) in [4.78, 5) is 1.28. The van der Waals surface area contributed by atoms with Crippen LogP contribution in [-0.2, 0) is 9.47 Å². The number of hydrogen-bond donors (Lipinski definition) is 1. The Morgan fingerprint density at radius 1 is 1.18 bits per heavy atom. The van der Waals surface area contributed by atoms with Crippen molar-refractivity contribution < 1.29 is 9.47 Å². The molecule has 17 heavy (non-hydrogen) atoms. The van der Waals surface area contributed by atoms with E-state index in [1.165, 1.54) is 10.5 Å². The fraction of sp³-hybridized carbons (Fsp3) is 0.538. The largest absolute Gasteiger partial charge is 0.355 e. The molecule has 96 valence electrons. The Bertz CT molecular complexity index is 312. The van der Waals surface area contributed by atoms with E-state index in [2.05, 4.69) is 42.8 Å². The van der Waals surface area contributed by atoms with Gasteiger partial charge in [0.25, 0.3) is 0 Å². The SMILES string of the molecule is COC(CNC(C)c1ccc(SC)cc1)OC. The van der Waals surface area contributed by atoms with Crippen molar-refractivity contribution >= 4 is 11.8 Å². The first-order chi connectivity index (χ1) is 8.21. The fourth-order valence-electron chi connectivity index (χ4n) is 1.55. The van der Waals surface area contributed by atoms with E-state index in [0.717, 1.165) is 0 Å². The number of rotatable bonds is 7. The lowest BCUT2D eigenvalue weighted by Crippen LogP contribution is -2.31. The molecule has 1 N–H and O–H groups in total. The molecule has 0 bridgehead atoms. The third-order valence-corrected chi connectivity index (χ3v) is 3.48. The number of ether oxygens (including phenoxy) is 2. The van der Waals surface area contributed by atoms with Crippen LogP contribution in [0.2, 0.25) is 0 Å². The third kappa shape index (κ3) is 4.68. The molecule has 0 spiro atoms. The number of hydrogen-bond acceptors (Lipinski definition) is 4. The molecule has 4 heteroatoms. The van der Waals surface area contributed by atoms with Gasteiger partial charge >= 0.3 is 0 Å². The van der Waals surface area contributed by atoms with Crippen LogP contribution in [0.3, 0.4) is 0 Å². The summed E-state index contributed by atoms with van der Waals surface area (Å²) < 4.78 is 10.3. The van der Waals surface area contributed by atoms with Crippen LogP contribution in [0.4, 0.5) is 0 Å². The minimum Gasteiger partial charge on any atom is -0.355 e. The molecule has 0 aliphatic heterocycles. The number of thioether (sulfide) groups is 1. The molecule has 1 rings (SSSR count). The molecule has 0 saturated heterocycles. The Hall–Kier alpha value is -0.550. The van der Waals surface area contributed by atoms with Gasteiger partial charge in [-0.3, -0.25) is 0 Å². The molecule has 1 unspecified atom stereocenters. The zero-order chi connectivity index (χ0) is 12.7. The Labute approximate surface area is 108 Å². The second kappa shape index (κ2) is 7.71. The van der Waals surface area contributed by atoms with Crippen LogP contribution < -0.4 is 5.32 Å². The van der Waals surface area contributed by atoms with Gasteiger partial charge in [0.2, 0.25) is 0 Å². The molecule has 0 heterocycles. The van der Waals surface area contributed by atoms with Crippen LogP contribution in [0.15, 0.2) is 29.2 Å². The maximum absolute atomic E-state index is 5.13. The zero-order valence-electron chi connectivity index (χ0n) is 10.9. The topological polar surface area (TPSA) is 30.5 Å². The summed E-state index contributed by atoms with van der Waals surface area (Å²) in [5.74, 6) is 0. The van der Waals surface area contributed by atoms with E-state index in [4.69, 9.17) is 9.47 Å². The van der Waals surface area contributed by atoms with Crippen LogP contribution in [0.25, 0.3) is 0 Å². The lowest BCUT2D eigenvalue weighted by atomic mass is 10.1. The minimum absolute atomic E-state index is 0.192. The van der Waals surface area contributed by atoms with E-state index < -0.39 is 0 Å². The van der Waals surface area contributed by atoms with Gasteiger partial charge in [-0.2, -0.15) is 0 Å². The van der Waals surface area contributed by atoms with E-state index in [1.807, 2.05) is 0 Å². The van der Waals surface area contributed by atoms with Crippen molar-refractivity contribution in [2.75, 3.05) is 27.0 Å². The summed E-state index contributed by atoms with van der Waals surface area (Å²) in [5.41, 5.74) is 1.27.